The van der Waals surface area contributed by atoms with Crippen molar-refractivity contribution in [3.63, 3.8) is 0 Å². The quantitative estimate of drug-likeness (QED) is 0.343. The van der Waals surface area contributed by atoms with Crippen molar-refractivity contribution in [1.82, 2.24) is 19.6 Å². The Bertz CT molecular complexity index is 1510. The van der Waals surface area contributed by atoms with Gasteiger partial charge in [0.25, 0.3) is 5.91 Å². The van der Waals surface area contributed by atoms with Crippen molar-refractivity contribution in [2.75, 3.05) is 5.32 Å². The summed E-state index contributed by atoms with van der Waals surface area (Å²) in [6.45, 7) is 0. The van der Waals surface area contributed by atoms with Crippen LogP contribution in [-0.4, -0.2) is 31.7 Å². The Hall–Kier alpha value is -4.98. The molecule has 1 aromatic carbocycles. The lowest BCUT2D eigenvalue weighted by molar-refractivity contribution is -0.137. The number of allylic oxidation sites excluding steroid dienone is 1. The molecule has 3 N–H and O–H groups in total. The van der Waals surface area contributed by atoms with Crippen molar-refractivity contribution in [3.05, 3.63) is 95.8 Å². The van der Waals surface area contributed by atoms with E-state index in [1.54, 1.807) is 29.0 Å². The van der Waals surface area contributed by atoms with E-state index in [9.17, 15) is 18.0 Å². The zero-order valence-electron chi connectivity index (χ0n) is 17.9. The Balaban J connectivity index is 1.58. The number of pyridine rings is 1. The number of nitrogens with zero attached hydrogens (tertiary/aromatic N) is 5. The van der Waals surface area contributed by atoms with Gasteiger partial charge in [-0.15, -0.1) is 0 Å². The Morgan fingerprint density at radius 3 is 2.80 bits per heavy atom. The number of fused-ring (bicyclic) bond motifs is 1. The third kappa shape index (κ3) is 5.69. The van der Waals surface area contributed by atoms with Crippen LogP contribution in [0.25, 0.3) is 5.65 Å². The normalized spacial score (nSPS) is 11.6. The van der Waals surface area contributed by atoms with Gasteiger partial charge in [-0.3, -0.25) is 14.8 Å². The lowest BCUT2D eigenvalue weighted by atomic mass is 10.1. The summed E-state index contributed by atoms with van der Waals surface area (Å²) < 4.78 is 41.5. The number of anilines is 1. The van der Waals surface area contributed by atoms with Crippen molar-refractivity contribution >= 4 is 29.1 Å². The van der Waals surface area contributed by atoms with Gasteiger partial charge in [-0.1, -0.05) is 5.92 Å². The highest BCUT2D eigenvalue weighted by molar-refractivity contribution is 6.04. The van der Waals surface area contributed by atoms with E-state index in [2.05, 4.69) is 37.2 Å². The first kappa shape index (κ1) is 23.2. The smallest absolute Gasteiger partial charge is 0.405 e. The molecule has 0 saturated carbocycles. The zero-order valence-corrected chi connectivity index (χ0v) is 17.9. The average Bonchev–Trinajstić information content (AvgIpc) is 3.25. The van der Waals surface area contributed by atoms with Crippen LogP contribution in [0.4, 0.5) is 24.5 Å². The Morgan fingerprint density at radius 1 is 1.14 bits per heavy atom. The van der Waals surface area contributed by atoms with Crippen LogP contribution in [0.3, 0.4) is 0 Å². The molecule has 0 fully saturated rings. The van der Waals surface area contributed by atoms with E-state index in [4.69, 9.17) is 5.73 Å². The molecular weight excluding hydrogens is 459 g/mol. The van der Waals surface area contributed by atoms with Crippen LogP contribution < -0.4 is 11.1 Å². The summed E-state index contributed by atoms with van der Waals surface area (Å²) in [6, 6.07) is 8.01. The molecule has 0 bridgehead atoms. The van der Waals surface area contributed by atoms with Gasteiger partial charge in [0.05, 0.1) is 23.0 Å². The molecule has 174 valence electrons. The average molecular weight is 475 g/mol. The fourth-order valence-electron chi connectivity index (χ4n) is 2.99. The largest absolute Gasteiger partial charge is 0.416 e. The summed E-state index contributed by atoms with van der Waals surface area (Å²) >= 11 is 0. The number of carbonyl (C=O) groups is 1. The van der Waals surface area contributed by atoms with Crippen molar-refractivity contribution in [2.45, 2.75) is 6.18 Å². The lowest BCUT2D eigenvalue weighted by Crippen LogP contribution is -2.13. The number of imidazole rings is 1. The molecule has 3 aromatic heterocycles. The van der Waals surface area contributed by atoms with Crippen LogP contribution in [0.1, 0.15) is 27.2 Å². The number of aliphatic imine (C=N–C) groups is 1. The summed E-state index contributed by atoms with van der Waals surface area (Å²) in [4.78, 5) is 24.9. The topological polar surface area (TPSA) is 111 Å². The minimum Gasteiger partial charge on any atom is -0.405 e. The first-order valence-corrected chi connectivity index (χ1v) is 10.0. The van der Waals surface area contributed by atoms with E-state index in [1.807, 2.05) is 0 Å². The van der Waals surface area contributed by atoms with E-state index < -0.39 is 17.6 Å². The number of nitrogens with two attached hydrogens (primary N) is 1. The Kier molecular flexibility index (Phi) is 6.55. The van der Waals surface area contributed by atoms with Gasteiger partial charge < -0.3 is 11.1 Å². The van der Waals surface area contributed by atoms with Gasteiger partial charge in [-0.05, 0) is 54.6 Å². The molecule has 1 amide bonds. The molecule has 3 heterocycles. The molecule has 0 saturated heterocycles. The van der Waals surface area contributed by atoms with Crippen LogP contribution in [-0.2, 0) is 6.18 Å². The highest BCUT2D eigenvalue weighted by atomic mass is 19.4. The summed E-state index contributed by atoms with van der Waals surface area (Å²) in [5, 5.41) is 6.63. The van der Waals surface area contributed by atoms with Crippen molar-refractivity contribution < 1.29 is 18.0 Å². The maximum absolute atomic E-state index is 13.3. The number of nitrogens with one attached hydrogen (secondary N) is 1. The third-order valence-electron chi connectivity index (χ3n) is 4.54. The van der Waals surface area contributed by atoms with E-state index >= 15 is 0 Å². The number of carbonyl (C=O) groups excluding carboxylic acids is 1. The van der Waals surface area contributed by atoms with Crippen LogP contribution in [0.2, 0.25) is 0 Å². The van der Waals surface area contributed by atoms with Crippen LogP contribution >= 0.6 is 0 Å². The molecule has 0 radical (unpaired) electrons. The third-order valence-corrected chi connectivity index (χ3v) is 4.54. The van der Waals surface area contributed by atoms with Gasteiger partial charge in [0, 0.05) is 36.1 Å². The van der Waals surface area contributed by atoms with Crippen LogP contribution in [0.5, 0.6) is 0 Å². The predicted octanol–water partition coefficient (Wildman–Crippen LogP) is 3.97. The van der Waals surface area contributed by atoms with Crippen molar-refractivity contribution in [3.8, 4) is 11.8 Å². The number of alkyl halides is 3. The minimum atomic E-state index is -4.63. The lowest BCUT2D eigenvalue weighted by Gasteiger charge is -2.11. The number of hydrogen-bond donors (Lipinski definition) is 2. The van der Waals surface area contributed by atoms with Gasteiger partial charge in [-0.25, -0.2) is 9.50 Å². The second-order valence-corrected chi connectivity index (χ2v) is 7.03. The summed E-state index contributed by atoms with van der Waals surface area (Å²) in [5.74, 6) is 5.15. The number of hydrogen-bond acceptors (Lipinski definition) is 6. The van der Waals surface area contributed by atoms with Gasteiger partial charge in [-0.2, -0.15) is 18.3 Å². The number of aromatic nitrogens is 4. The van der Waals surface area contributed by atoms with Gasteiger partial charge in [0.2, 0.25) is 0 Å². The van der Waals surface area contributed by atoms with Gasteiger partial charge in [0.15, 0.2) is 5.65 Å². The molecule has 0 spiro atoms. The maximum Gasteiger partial charge on any atom is 0.416 e. The molecule has 4 rings (SSSR count). The number of amides is 1. The van der Waals surface area contributed by atoms with E-state index in [0.29, 0.717) is 16.9 Å². The standard InChI is InChI=1S/C24H16F3N7O/c25-24(26,27)18-10-19(30-7-2-6-28)12-20(11-18)33-23(35)17-9-16(13-29-14-17)4-5-21-15-31-22-3-1-8-32-34(21)22/h1-3,6-15H,28H2,(H,33,35)/b6-2-,30-7?. The molecule has 11 heteroatoms. The molecule has 8 nitrogen and oxygen atoms in total. The summed E-state index contributed by atoms with van der Waals surface area (Å²) in [7, 11) is 0. The Labute approximate surface area is 197 Å². The van der Waals surface area contributed by atoms with E-state index in [0.717, 1.165) is 12.1 Å². The molecule has 0 unspecified atom stereocenters. The fraction of sp³-hybridized carbons (Fsp3) is 0.0417. The molecular formula is C24H16F3N7O. The highest BCUT2D eigenvalue weighted by Crippen LogP contribution is 2.34. The number of benzene rings is 1. The summed E-state index contributed by atoms with van der Waals surface area (Å²) in [5.41, 5.74) is 5.86. The molecule has 35 heavy (non-hydrogen) atoms. The van der Waals surface area contributed by atoms with Crippen molar-refractivity contribution in [1.29, 1.82) is 0 Å². The SMILES string of the molecule is N/C=C\C=Nc1cc(NC(=O)c2cncc(C#Cc3cnc4cccnn34)c2)cc(C(F)(F)F)c1. The summed E-state index contributed by atoms with van der Waals surface area (Å²) in [6.07, 6.45) is 5.08. The first-order chi connectivity index (χ1) is 16.8. The molecule has 0 aliphatic carbocycles. The zero-order chi connectivity index (χ0) is 24.8. The van der Waals surface area contributed by atoms with E-state index in [1.165, 1.54) is 43.0 Å². The second kappa shape index (κ2) is 9.88. The maximum atomic E-state index is 13.3. The fourth-order valence-corrected chi connectivity index (χ4v) is 2.99. The van der Waals surface area contributed by atoms with Crippen LogP contribution in [0.15, 0.2) is 78.5 Å². The molecule has 4 aromatic rings. The highest BCUT2D eigenvalue weighted by Gasteiger charge is 2.31. The predicted molar refractivity (Wildman–Crippen MR) is 124 cm³/mol. The number of rotatable bonds is 4. The van der Waals surface area contributed by atoms with Gasteiger partial charge >= 0.3 is 6.18 Å². The van der Waals surface area contributed by atoms with Crippen LogP contribution in [0, 0.1) is 11.8 Å². The number of halogens is 3. The Morgan fingerprint density at radius 2 is 2.00 bits per heavy atom. The molecule has 0 atom stereocenters. The minimum absolute atomic E-state index is 0.00684. The first-order valence-electron chi connectivity index (χ1n) is 10.0. The van der Waals surface area contributed by atoms with Gasteiger partial charge in [0.1, 0.15) is 5.69 Å². The monoisotopic (exact) mass is 475 g/mol. The van der Waals surface area contributed by atoms with E-state index in [-0.39, 0.29) is 16.9 Å². The molecule has 0 aliphatic heterocycles. The van der Waals surface area contributed by atoms with Crippen molar-refractivity contribution in [2.24, 2.45) is 10.7 Å². The molecule has 0 aliphatic rings. The second-order valence-electron chi connectivity index (χ2n) is 7.03.